The fourth-order valence-corrected chi connectivity index (χ4v) is 1.81. The number of aliphatic hydroxyl groups is 1. The third kappa shape index (κ3) is 3.79. The Balaban J connectivity index is 2.15. The molecule has 5 nitrogen and oxygen atoms in total. The predicted octanol–water partition coefficient (Wildman–Crippen LogP) is 2.94. The van der Waals surface area contributed by atoms with Crippen molar-refractivity contribution in [2.24, 2.45) is 0 Å². The van der Waals surface area contributed by atoms with E-state index in [0.717, 1.165) is 17.3 Å². The molecule has 0 aliphatic rings. The summed E-state index contributed by atoms with van der Waals surface area (Å²) in [6, 6.07) is 12.3. The van der Waals surface area contributed by atoms with Crippen LogP contribution in [0, 0.1) is 0 Å². The van der Waals surface area contributed by atoms with Crippen LogP contribution in [0.3, 0.4) is 0 Å². The molecule has 5 heteroatoms. The molecule has 2 aromatic rings. The fraction of sp³-hybridized carbons (Fsp3) is 0.118. The summed E-state index contributed by atoms with van der Waals surface area (Å²) < 4.78 is 4.60. The molecule has 0 saturated heterocycles. The number of hydrogen-bond donors (Lipinski definition) is 1. The molecule has 2 rings (SSSR count). The summed E-state index contributed by atoms with van der Waals surface area (Å²) in [7, 11) is 0. The van der Waals surface area contributed by atoms with Crippen LogP contribution in [0.25, 0.3) is 11.3 Å². The third-order valence-electron chi connectivity index (χ3n) is 2.88. The van der Waals surface area contributed by atoms with Crippen LogP contribution < -0.4 is 0 Å². The summed E-state index contributed by atoms with van der Waals surface area (Å²) in [6.07, 6.45) is 2.54. The van der Waals surface area contributed by atoms with Crippen LogP contribution in [-0.4, -0.2) is 28.4 Å². The van der Waals surface area contributed by atoms with Crippen LogP contribution in [0.15, 0.2) is 60.5 Å². The van der Waals surface area contributed by atoms with Gasteiger partial charge in [0.05, 0.1) is 12.3 Å². The number of aromatic nitrogens is 1. The highest BCUT2D eigenvalue weighted by molar-refractivity contribution is 6.08. The largest absolute Gasteiger partial charge is 0.502 e. The summed E-state index contributed by atoms with van der Waals surface area (Å²) in [5.74, 6) is -2.10. The van der Waals surface area contributed by atoms with Crippen molar-refractivity contribution in [2.45, 2.75) is 6.92 Å². The van der Waals surface area contributed by atoms with Gasteiger partial charge >= 0.3 is 5.97 Å². The highest BCUT2D eigenvalue weighted by Crippen LogP contribution is 2.17. The Morgan fingerprint density at radius 2 is 1.91 bits per heavy atom. The SMILES string of the molecule is CCOC(=O)C(O)=CC(=O)c1ccc(-c2ccccn2)cc1. The molecule has 112 valence electrons. The lowest BCUT2D eigenvalue weighted by molar-refractivity contribution is -0.141. The van der Waals surface area contributed by atoms with Gasteiger partial charge in [-0.1, -0.05) is 30.3 Å². The molecule has 1 heterocycles. The van der Waals surface area contributed by atoms with Gasteiger partial charge < -0.3 is 9.84 Å². The number of hydrogen-bond acceptors (Lipinski definition) is 5. The van der Waals surface area contributed by atoms with Gasteiger partial charge in [0.1, 0.15) is 0 Å². The van der Waals surface area contributed by atoms with Gasteiger partial charge in [-0.15, -0.1) is 0 Å². The first-order valence-electron chi connectivity index (χ1n) is 6.75. The molecule has 0 spiro atoms. The molecule has 1 aromatic heterocycles. The molecule has 0 bridgehead atoms. The molecule has 1 N–H and O–H groups in total. The van der Waals surface area contributed by atoms with Gasteiger partial charge in [0.2, 0.25) is 5.76 Å². The van der Waals surface area contributed by atoms with Crippen LogP contribution in [0.2, 0.25) is 0 Å². The quantitative estimate of drug-likeness (QED) is 0.397. The lowest BCUT2D eigenvalue weighted by Crippen LogP contribution is -2.09. The second kappa shape index (κ2) is 7.17. The number of allylic oxidation sites excluding steroid dienone is 1. The minimum atomic E-state index is -0.916. The number of benzene rings is 1. The number of nitrogens with zero attached hydrogens (tertiary/aromatic N) is 1. The Kier molecular flexibility index (Phi) is 5.03. The Morgan fingerprint density at radius 3 is 2.50 bits per heavy atom. The van der Waals surface area contributed by atoms with E-state index >= 15 is 0 Å². The second-order valence-electron chi connectivity index (χ2n) is 4.41. The van der Waals surface area contributed by atoms with E-state index in [2.05, 4.69) is 9.72 Å². The highest BCUT2D eigenvalue weighted by Gasteiger charge is 2.12. The molecule has 0 aliphatic carbocycles. The molecule has 22 heavy (non-hydrogen) atoms. The third-order valence-corrected chi connectivity index (χ3v) is 2.88. The van der Waals surface area contributed by atoms with E-state index in [1.165, 1.54) is 0 Å². The molecule has 0 radical (unpaired) electrons. The minimum absolute atomic E-state index is 0.129. The molecule has 0 unspecified atom stereocenters. The van der Waals surface area contributed by atoms with Gasteiger partial charge in [0, 0.05) is 23.4 Å². The van der Waals surface area contributed by atoms with Gasteiger partial charge in [-0.2, -0.15) is 0 Å². The van der Waals surface area contributed by atoms with E-state index in [-0.39, 0.29) is 6.61 Å². The second-order valence-corrected chi connectivity index (χ2v) is 4.41. The average Bonchev–Trinajstić information content (AvgIpc) is 2.56. The number of pyridine rings is 1. The molecule has 0 aliphatic heterocycles. The zero-order chi connectivity index (χ0) is 15.9. The molecule has 1 aromatic carbocycles. The van der Waals surface area contributed by atoms with E-state index in [9.17, 15) is 14.7 Å². The van der Waals surface area contributed by atoms with E-state index in [1.54, 1.807) is 37.4 Å². The van der Waals surface area contributed by atoms with Crippen LogP contribution in [0.5, 0.6) is 0 Å². The van der Waals surface area contributed by atoms with Gasteiger partial charge in [0.15, 0.2) is 5.78 Å². The minimum Gasteiger partial charge on any atom is -0.502 e. The first-order chi connectivity index (χ1) is 10.6. The summed E-state index contributed by atoms with van der Waals surface area (Å²) >= 11 is 0. The monoisotopic (exact) mass is 297 g/mol. The van der Waals surface area contributed by atoms with Crippen LogP contribution >= 0.6 is 0 Å². The standard InChI is InChI=1S/C17H15NO4/c1-2-22-17(21)16(20)11-15(19)13-8-6-12(7-9-13)14-5-3-4-10-18-14/h3-11,20H,2H2,1H3. The van der Waals surface area contributed by atoms with Crippen molar-refractivity contribution in [3.8, 4) is 11.3 Å². The van der Waals surface area contributed by atoms with Crippen LogP contribution in [0.4, 0.5) is 0 Å². The predicted molar refractivity (Wildman–Crippen MR) is 81.3 cm³/mol. The van der Waals surface area contributed by atoms with Crippen molar-refractivity contribution in [2.75, 3.05) is 6.61 Å². The van der Waals surface area contributed by atoms with Crippen molar-refractivity contribution in [3.63, 3.8) is 0 Å². The maximum atomic E-state index is 12.0. The van der Waals surface area contributed by atoms with E-state index < -0.39 is 17.5 Å². The summed E-state index contributed by atoms with van der Waals surface area (Å²) in [4.78, 5) is 27.4. The number of aliphatic hydroxyl groups excluding tert-OH is 1. The van der Waals surface area contributed by atoms with Crippen molar-refractivity contribution < 1.29 is 19.4 Å². The molecule has 0 saturated carbocycles. The zero-order valence-electron chi connectivity index (χ0n) is 12.0. The van der Waals surface area contributed by atoms with Gasteiger partial charge in [-0.05, 0) is 19.1 Å². The Hall–Kier alpha value is -2.95. The van der Waals surface area contributed by atoms with E-state index in [4.69, 9.17) is 0 Å². The smallest absolute Gasteiger partial charge is 0.373 e. The summed E-state index contributed by atoms with van der Waals surface area (Å²) in [5, 5.41) is 9.47. The first kappa shape index (κ1) is 15.4. The average molecular weight is 297 g/mol. The Morgan fingerprint density at radius 1 is 1.18 bits per heavy atom. The first-order valence-corrected chi connectivity index (χ1v) is 6.75. The van der Waals surface area contributed by atoms with Crippen molar-refractivity contribution in [3.05, 3.63) is 66.1 Å². The maximum absolute atomic E-state index is 12.0. The van der Waals surface area contributed by atoms with E-state index in [1.807, 2.05) is 18.2 Å². The lowest BCUT2D eigenvalue weighted by Gasteiger charge is -2.02. The van der Waals surface area contributed by atoms with Gasteiger partial charge in [-0.3, -0.25) is 9.78 Å². The number of carbonyl (C=O) groups excluding carboxylic acids is 2. The molecule has 0 atom stereocenters. The number of ether oxygens (including phenoxy) is 1. The topological polar surface area (TPSA) is 76.5 Å². The molecular formula is C17H15NO4. The Bertz CT molecular complexity index is 690. The van der Waals surface area contributed by atoms with Crippen LogP contribution in [0.1, 0.15) is 17.3 Å². The summed E-state index contributed by atoms with van der Waals surface area (Å²) in [5.41, 5.74) is 2.03. The number of esters is 1. The maximum Gasteiger partial charge on any atom is 0.373 e. The summed E-state index contributed by atoms with van der Waals surface area (Å²) in [6.45, 7) is 1.74. The van der Waals surface area contributed by atoms with Gasteiger partial charge in [-0.25, -0.2) is 4.79 Å². The highest BCUT2D eigenvalue weighted by atomic mass is 16.5. The van der Waals surface area contributed by atoms with Crippen molar-refractivity contribution in [1.29, 1.82) is 0 Å². The lowest BCUT2D eigenvalue weighted by atomic mass is 10.1. The number of ketones is 1. The fourth-order valence-electron chi connectivity index (χ4n) is 1.81. The molecule has 0 amide bonds. The molecule has 0 fully saturated rings. The normalized spacial score (nSPS) is 11.0. The van der Waals surface area contributed by atoms with Crippen LogP contribution in [-0.2, 0) is 9.53 Å². The number of carbonyl (C=O) groups is 2. The Labute approximate surface area is 127 Å². The van der Waals surface area contributed by atoms with Crippen molar-refractivity contribution >= 4 is 11.8 Å². The molecular weight excluding hydrogens is 282 g/mol. The number of rotatable bonds is 5. The zero-order valence-corrected chi connectivity index (χ0v) is 12.0. The van der Waals surface area contributed by atoms with Gasteiger partial charge in [0.25, 0.3) is 0 Å². The van der Waals surface area contributed by atoms with Crippen molar-refractivity contribution in [1.82, 2.24) is 4.98 Å². The van der Waals surface area contributed by atoms with E-state index in [0.29, 0.717) is 5.56 Å².